The molecule has 0 aromatic heterocycles. The Hall–Kier alpha value is -2.00. The Balaban J connectivity index is 2.44. The topological polar surface area (TPSA) is 38.3 Å². The van der Waals surface area contributed by atoms with Gasteiger partial charge in [-0.25, -0.2) is 4.79 Å². The van der Waals surface area contributed by atoms with E-state index in [0.717, 1.165) is 5.56 Å². The number of carbonyl (C=O) groups is 1. The maximum atomic E-state index is 12.2. The monoisotopic (exact) mass is 289 g/mol. The molecule has 0 aliphatic carbocycles. The summed E-state index contributed by atoms with van der Waals surface area (Å²) >= 11 is 6.15. The molecule has 0 fully saturated rings. The number of methoxy groups -OCH3 is 1. The lowest BCUT2D eigenvalue weighted by Crippen LogP contribution is -2.41. The van der Waals surface area contributed by atoms with Crippen LogP contribution in [0.15, 0.2) is 54.6 Å². The number of ether oxygens (including phenoxy) is 1. The van der Waals surface area contributed by atoms with Gasteiger partial charge in [-0.05, 0) is 24.6 Å². The van der Waals surface area contributed by atoms with Crippen LogP contribution in [0.25, 0.3) is 0 Å². The Labute approximate surface area is 123 Å². The summed E-state index contributed by atoms with van der Waals surface area (Å²) in [6.45, 7) is 1.78. The number of esters is 1. The smallest absolute Gasteiger partial charge is 0.335 e. The number of benzene rings is 2. The Kier molecular flexibility index (Phi) is 4.30. The molecule has 1 atom stereocenters. The molecule has 0 heterocycles. The molecule has 20 heavy (non-hydrogen) atoms. The lowest BCUT2D eigenvalue weighted by Gasteiger charge is -2.30. The van der Waals surface area contributed by atoms with Crippen LogP contribution in [0, 0.1) is 0 Å². The van der Waals surface area contributed by atoms with Crippen LogP contribution in [0.3, 0.4) is 0 Å². The van der Waals surface area contributed by atoms with Crippen LogP contribution in [0.5, 0.6) is 0 Å². The molecule has 0 saturated heterocycles. The summed E-state index contributed by atoms with van der Waals surface area (Å²) in [6.07, 6.45) is 0. The van der Waals surface area contributed by atoms with E-state index < -0.39 is 5.54 Å². The van der Waals surface area contributed by atoms with Gasteiger partial charge in [0, 0.05) is 0 Å². The fraction of sp³-hybridized carbons (Fsp3) is 0.188. The molecule has 4 heteroatoms. The van der Waals surface area contributed by atoms with E-state index in [9.17, 15) is 4.79 Å². The minimum atomic E-state index is -0.999. The number of para-hydroxylation sites is 1. The summed E-state index contributed by atoms with van der Waals surface area (Å²) in [7, 11) is 1.37. The van der Waals surface area contributed by atoms with Gasteiger partial charge in [0.25, 0.3) is 0 Å². The minimum absolute atomic E-state index is 0.372. The molecule has 3 nitrogen and oxygen atoms in total. The van der Waals surface area contributed by atoms with Crippen LogP contribution >= 0.6 is 11.6 Å². The molecule has 1 unspecified atom stereocenters. The van der Waals surface area contributed by atoms with E-state index in [-0.39, 0.29) is 5.97 Å². The van der Waals surface area contributed by atoms with E-state index in [2.05, 4.69) is 5.32 Å². The largest absolute Gasteiger partial charge is 0.467 e. The fourth-order valence-corrected chi connectivity index (χ4v) is 2.23. The summed E-state index contributed by atoms with van der Waals surface area (Å²) in [6, 6.07) is 16.7. The molecule has 2 aromatic carbocycles. The average Bonchev–Trinajstić information content (AvgIpc) is 2.49. The zero-order chi connectivity index (χ0) is 14.6. The van der Waals surface area contributed by atoms with Gasteiger partial charge in [0.05, 0.1) is 17.8 Å². The van der Waals surface area contributed by atoms with Gasteiger partial charge in [0.15, 0.2) is 5.54 Å². The molecule has 2 rings (SSSR count). The number of nitrogens with one attached hydrogen (secondary N) is 1. The molecular weight excluding hydrogens is 274 g/mol. The summed E-state index contributed by atoms with van der Waals surface area (Å²) in [5, 5.41) is 3.74. The SMILES string of the molecule is COC(=O)C(C)(Nc1ccccc1Cl)c1ccccc1. The van der Waals surface area contributed by atoms with E-state index in [1.54, 1.807) is 13.0 Å². The van der Waals surface area contributed by atoms with Crippen LogP contribution in [0.4, 0.5) is 5.69 Å². The van der Waals surface area contributed by atoms with Crippen molar-refractivity contribution in [1.82, 2.24) is 0 Å². The molecule has 0 aliphatic heterocycles. The molecule has 0 spiro atoms. The van der Waals surface area contributed by atoms with E-state index in [1.807, 2.05) is 48.5 Å². The number of hydrogen-bond acceptors (Lipinski definition) is 3. The number of halogens is 1. The predicted octanol–water partition coefficient (Wildman–Crippen LogP) is 3.84. The van der Waals surface area contributed by atoms with Gasteiger partial charge in [0.2, 0.25) is 0 Å². The first-order valence-electron chi connectivity index (χ1n) is 6.24. The van der Waals surface area contributed by atoms with Crippen molar-refractivity contribution < 1.29 is 9.53 Å². The molecule has 1 N–H and O–H groups in total. The van der Waals surface area contributed by atoms with Crippen molar-refractivity contribution in [2.45, 2.75) is 12.5 Å². The minimum Gasteiger partial charge on any atom is -0.467 e. The van der Waals surface area contributed by atoms with Crippen LogP contribution in [-0.4, -0.2) is 13.1 Å². The number of rotatable bonds is 4. The number of hydrogen-bond donors (Lipinski definition) is 1. The first-order chi connectivity index (χ1) is 9.58. The Morgan fingerprint density at radius 1 is 1.10 bits per heavy atom. The van der Waals surface area contributed by atoms with Gasteiger partial charge in [0.1, 0.15) is 0 Å². The van der Waals surface area contributed by atoms with Crippen molar-refractivity contribution in [3.05, 3.63) is 65.2 Å². The second kappa shape index (κ2) is 5.97. The molecule has 0 radical (unpaired) electrons. The van der Waals surface area contributed by atoms with Crippen molar-refractivity contribution in [3.8, 4) is 0 Å². The summed E-state index contributed by atoms with van der Waals surface area (Å²) < 4.78 is 4.94. The van der Waals surface area contributed by atoms with Crippen molar-refractivity contribution in [2.75, 3.05) is 12.4 Å². The van der Waals surface area contributed by atoms with Crippen LogP contribution < -0.4 is 5.32 Å². The summed E-state index contributed by atoms with van der Waals surface area (Å²) in [5.74, 6) is -0.372. The zero-order valence-corrected chi connectivity index (χ0v) is 12.1. The van der Waals surface area contributed by atoms with Crippen molar-refractivity contribution in [1.29, 1.82) is 0 Å². The van der Waals surface area contributed by atoms with Crippen molar-refractivity contribution >= 4 is 23.3 Å². The standard InChI is InChI=1S/C16H16ClNO2/c1-16(15(19)20-2,12-8-4-3-5-9-12)18-14-11-7-6-10-13(14)17/h3-11,18H,1-2H3. The van der Waals surface area contributed by atoms with Gasteiger partial charge in [-0.2, -0.15) is 0 Å². The highest BCUT2D eigenvalue weighted by molar-refractivity contribution is 6.33. The van der Waals surface area contributed by atoms with E-state index in [0.29, 0.717) is 10.7 Å². The Morgan fingerprint density at radius 3 is 2.30 bits per heavy atom. The summed E-state index contributed by atoms with van der Waals surface area (Å²) in [5.41, 5.74) is 0.499. The Morgan fingerprint density at radius 2 is 1.70 bits per heavy atom. The third kappa shape index (κ3) is 2.78. The van der Waals surface area contributed by atoms with Gasteiger partial charge in [-0.15, -0.1) is 0 Å². The predicted molar refractivity (Wildman–Crippen MR) is 80.9 cm³/mol. The van der Waals surface area contributed by atoms with Gasteiger partial charge in [-0.3, -0.25) is 0 Å². The quantitative estimate of drug-likeness (QED) is 0.869. The molecule has 0 saturated carbocycles. The highest BCUT2D eigenvalue weighted by atomic mass is 35.5. The van der Waals surface area contributed by atoms with Crippen LogP contribution in [0.1, 0.15) is 12.5 Å². The molecule has 0 bridgehead atoms. The normalized spacial score (nSPS) is 13.3. The second-order valence-electron chi connectivity index (χ2n) is 4.59. The number of anilines is 1. The fourth-order valence-electron chi connectivity index (χ4n) is 2.05. The maximum Gasteiger partial charge on any atom is 0.335 e. The first kappa shape index (κ1) is 14.4. The average molecular weight is 290 g/mol. The third-order valence-electron chi connectivity index (χ3n) is 3.20. The maximum absolute atomic E-state index is 12.2. The van der Waals surface area contributed by atoms with Gasteiger partial charge < -0.3 is 10.1 Å². The lowest BCUT2D eigenvalue weighted by atomic mass is 9.91. The molecular formula is C16H16ClNO2. The lowest BCUT2D eigenvalue weighted by molar-refractivity contribution is -0.145. The number of carbonyl (C=O) groups excluding carboxylic acids is 1. The Bertz CT molecular complexity index is 600. The molecule has 0 amide bonds. The van der Waals surface area contributed by atoms with E-state index in [1.165, 1.54) is 7.11 Å². The highest BCUT2D eigenvalue weighted by Gasteiger charge is 2.36. The molecule has 0 aliphatic rings. The van der Waals surface area contributed by atoms with Crippen molar-refractivity contribution in [2.24, 2.45) is 0 Å². The second-order valence-corrected chi connectivity index (χ2v) is 4.99. The highest BCUT2D eigenvalue weighted by Crippen LogP contribution is 2.31. The van der Waals surface area contributed by atoms with Gasteiger partial charge in [-0.1, -0.05) is 54.1 Å². The van der Waals surface area contributed by atoms with Crippen LogP contribution in [-0.2, 0) is 15.1 Å². The van der Waals surface area contributed by atoms with Crippen LogP contribution in [0.2, 0.25) is 5.02 Å². The first-order valence-corrected chi connectivity index (χ1v) is 6.62. The van der Waals surface area contributed by atoms with E-state index >= 15 is 0 Å². The third-order valence-corrected chi connectivity index (χ3v) is 3.53. The molecule has 2 aromatic rings. The van der Waals surface area contributed by atoms with E-state index in [4.69, 9.17) is 16.3 Å². The molecule has 104 valence electrons. The summed E-state index contributed by atoms with van der Waals surface area (Å²) in [4.78, 5) is 12.2. The van der Waals surface area contributed by atoms with Gasteiger partial charge >= 0.3 is 5.97 Å². The zero-order valence-electron chi connectivity index (χ0n) is 11.4. The van der Waals surface area contributed by atoms with Crippen molar-refractivity contribution in [3.63, 3.8) is 0 Å².